The average Bonchev–Trinajstić information content (AvgIpc) is 1.99. The van der Waals surface area contributed by atoms with Crippen LogP contribution in [0.25, 0.3) is 0 Å². The summed E-state index contributed by atoms with van der Waals surface area (Å²) in [6.07, 6.45) is 0. The summed E-state index contributed by atoms with van der Waals surface area (Å²) in [7, 11) is 0. The van der Waals surface area contributed by atoms with Gasteiger partial charge >= 0.3 is 0 Å². The van der Waals surface area contributed by atoms with E-state index in [1.165, 1.54) is 0 Å². The highest BCUT2D eigenvalue weighted by Gasteiger charge is 2.25. The van der Waals surface area contributed by atoms with Gasteiger partial charge in [-0.15, -0.1) is 0 Å². The number of anilines is 1. The van der Waals surface area contributed by atoms with E-state index in [0.717, 1.165) is 21.7 Å². The Bertz CT molecular complexity index is 352. The van der Waals surface area contributed by atoms with Gasteiger partial charge in [0.1, 0.15) is 0 Å². The molecule has 0 aliphatic carbocycles. The summed E-state index contributed by atoms with van der Waals surface area (Å²) >= 11 is 5.18. The zero-order chi connectivity index (χ0) is 9.97. The van der Waals surface area contributed by atoms with E-state index in [2.05, 4.69) is 21.2 Å². The fraction of sp³-hybridized carbons (Fsp3) is 0.300. The topological polar surface area (TPSA) is 29.1 Å². The summed E-state index contributed by atoms with van der Waals surface area (Å²) in [6.45, 7) is 0. The smallest absolute Gasteiger partial charge is 0.229 e. The lowest BCUT2D eigenvalue weighted by Gasteiger charge is -2.23. The lowest BCUT2D eigenvalue weighted by Crippen LogP contribution is -2.32. The molecule has 0 saturated carbocycles. The van der Waals surface area contributed by atoms with Gasteiger partial charge in [0.25, 0.3) is 0 Å². The molecule has 0 aromatic heterocycles. The molecule has 0 spiro atoms. The lowest BCUT2D eigenvalue weighted by molar-refractivity contribution is -0.118. The molecule has 4 heteroatoms. The number of hydrogen-bond donors (Lipinski definition) is 1. The van der Waals surface area contributed by atoms with Crippen LogP contribution in [0.5, 0.6) is 0 Å². The van der Waals surface area contributed by atoms with Crippen LogP contribution in [0.2, 0.25) is 0 Å². The van der Waals surface area contributed by atoms with Crippen LogP contribution in [-0.4, -0.2) is 17.4 Å². The summed E-state index contributed by atoms with van der Waals surface area (Å²) in [5.74, 6) is 2.26. The molecule has 1 heterocycles. The minimum Gasteiger partial charge on any atom is -0.326 e. The van der Waals surface area contributed by atoms with Gasteiger partial charge in [-0.25, -0.2) is 0 Å². The Morgan fingerprint density at radius 3 is 2.86 bits per heavy atom. The molecule has 1 amide bonds. The second kappa shape index (κ2) is 4.36. The normalized spacial score (nSPS) is 16.1. The molecule has 1 saturated heterocycles. The van der Waals surface area contributed by atoms with E-state index in [1.54, 1.807) is 0 Å². The van der Waals surface area contributed by atoms with Crippen molar-refractivity contribution < 1.29 is 4.79 Å². The summed E-state index contributed by atoms with van der Waals surface area (Å²) < 4.78 is 0.985. The van der Waals surface area contributed by atoms with Crippen molar-refractivity contribution in [2.24, 2.45) is 5.92 Å². The molecule has 0 unspecified atom stereocenters. The second-order valence-electron chi connectivity index (χ2n) is 3.23. The van der Waals surface area contributed by atoms with Gasteiger partial charge in [-0.1, -0.05) is 22.0 Å². The number of amides is 1. The number of rotatable bonds is 2. The number of carbonyl (C=O) groups excluding carboxylic acids is 1. The maximum absolute atomic E-state index is 11.6. The Morgan fingerprint density at radius 1 is 1.50 bits per heavy atom. The first-order valence-electron chi connectivity index (χ1n) is 4.40. The second-order valence-corrected chi connectivity index (χ2v) is 5.22. The molecule has 1 aliphatic rings. The Balaban J connectivity index is 1.99. The number of hydrogen-bond acceptors (Lipinski definition) is 2. The van der Waals surface area contributed by atoms with Crippen LogP contribution >= 0.6 is 27.7 Å². The molecule has 2 nitrogen and oxygen atoms in total. The van der Waals surface area contributed by atoms with Gasteiger partial charge in [-0.3, -0.25) is 4.79 Å². The maximum atomic E-state index is 11.6. The molecule has 0 bridgehead atoms. The zero-order valence-electron chi connectivity index (χ0n) is 7.50. The van der Waals surface area contributed by atoms with E-state index in [9.17, 15) is 4.79 Å². The van der Waals surface area contributed by atoms with E-state index in [4.69, 9.17) is 0 Å². The molecule has 74 valence electrons. The summed E-state index contributed by atoms with van der Waals surface area (Å²) in [5.41, 5.74) is 0.862. The van der Waals surface area contributed by atoms with Gasteiger partial charge in [0.2, 0.25) is 5.91 Å². The lowest BCUT2D eigenvalue weighted by atomic mass is 10.2. The van der Waals surface area contributed by atoms with Crippen molar-refractivity contribution in [1.29, 1.82) is 0 Å². The minimum atomic E-state index is 0.141. The number of carbonyl (C=O) groups is 1. The largest absolute Gasteiger partial charge is 0.326 e. The summed E-state index contributed by atoms with van der Waals surface area (Å²) in [5, 5.41) is 2.90. The highest BCUT2D eigenvalue weighted by molar-refractivity contribution is 9.10. The van der Waals surface area contributed by atoms with Crippen molar-refractivity contribution >= 4 is 39.3 Å². The Morgan fingerprint density at radius 2 is 2.29 bits per heavy atom. The van der Waals surface area contributed by atoms with Gasteiger partial charge in [-0.2, -0.15) is 11.8 Å². The van der Waals surface area contributed by atoms with Crippen LogP contribution in [0.4, 0.5) is 5.69 Å². The molecular weight excluding hydrogens is 262 g/mol. The van der Waals surface area contributed by atoms with E-state index >= 15 is 0 Å². The quantitative estimate of drug-likeness (QED) is 0.897. The van der Waals surface area contributed by atoms with E-state index in [0.29, 0.717) is 0 Å². The van der Waals surface area contributed by atoms with E-state index in [-0.39, 0.29) is 11.8 Å². The first kappa shape index (κ1) is 10.1. The zero-order valence-corrected chi connectivity index (χ0v) is 9.90. The van der Waals surface area contributed by atoms with Crippen LogP contribution in [-0.2, 0) is 4.79 Å². The molecule has 14 heavy (non-hydrogen) atoms. The number of nitrogens with one attached hydrogen (secondary N) is 1. The molecule has 1 aliphatic heterocycles. The van der Waals surface area contributed by atoms with Gasteiger partial charge in [0, 0.05) is 21.7 Å². The highest BCUT2D eigenvalue weighted by Crippen LogP contribution is 2.26. The number of halogens is 1. The number of benzene rings is 1. The van der Waals surface area contributed by atoms with Gasteiger partial charge in [0.15, 0.2) is 0 Å². The van der Waals surface area contributed by atoms with Gasteiger partial charge in [-0.05, 0) is 18.2 Å². The molecule has 1 aromatic rings. The van der Waals surface area contributed by atoms with Crippen LogP contribution in [0.3, 0.4) is 0 Å². The Hall–Kier alpha value is -0.480. The van der Waals surface area contributed by atoms with Crippen molar-refractivity contribution in [2.45, 2.75) is 0 Å². The van der Waals surface area contributed by atoms with E-state index < -0.39 is 0 Å². The average molecular weight is 272 g/mol. The Kier molecular flexibility index (Phi) is 3.13. The van der Waals surface area contributed by atoms with Crippen LogP contribution in [0, 0.1) is 5.92 Å². The first-order valence-corrected chi connectivity index (χ1v) is 6.34. The molecule has 1 fully saturated rings. The van der Waals surface area contributed by atoms with Crippen molar-refractivity contribution in [3.63, 3.8) is 0 Å². The maximum Gasteiger partial charge on any atom is 0.229 e. The van der Waals surface area contributed by atoms with Crippen molar-refractivity contribution in [1.82, 2.24) is 0 Å². The Labute approximate surface area is 95.6 Å². The first-order chi connectivity index (χ1) is 6.75. The fourth-order valence-corrected chi connectivity index (χ4v) is 2.37. The molecule has 0 atom stereocenters. The predicted octanol–water partition coefficient (Wildman–Crippen LogP) is 2.75. The highest BCUT2D eigenvalue weighted by atomic mass is 79.9. The summed E-state index contributed by atoms with van der Waals surface area (Å²) in [6, 6.07) is 7.66. The van der Waals surface area contributed by atoms with Crippen LogP contribution in [0.15, 0.2) is 28.7 Å². The molecule has 1 N–H and O–H groups in total. The molecule has 2 rings (SSSR count). The predicted molar refractivity (Wildman–Crippen MR) is 63.6 cm³/mol. The van der Waals surface area contributed by atoms with Crippen LogP contribution < -0.4 is 5.32 Å². The summed E-state index contributed by atoms with van der Waals surface area (Å²) in [4.78, 5) is 11.6. The van der Waals surface area contributed by atoms with E-state index in [1.807, 2.05) is 36.0 Å². The minimum absolute atomic E-state index is 0.141. The van der Waals surface area contributed by atoms with Gasteiger partial charge in [0.05, 0.1) is 5.92 Å². The molecular formula is C10H10BrNOS. The van der Waals surface area contributed by atoms with Crippen molar-refractivity contribution in [3.8, 4) is 0 Å². The third-order valence-electron chi connectivity index (χ3n) is 2.10. The standard InChI is InChI=1S/C10H10BrNOS/c11-8-2-1-3-9(4-8)12-10(13)7-5-14-6-7/h1-4,7H,5-6H2,(H,12,13). The monoisotopic (exact) mass is 271 g/mol. The van der Waals surface area contributed by atoms with Crippen LogP contribution in [0.1, 0.15) is 0 Å². The number of thioether (sulfide) groups is 1. The SMILES string of the molecule is O=C(Nc1cccc(Br)c1)C1CSC1. The molecule has 0 radical (unpaired) electrons. The van der Waals surface area contributed by atoms with Crippen molar-refractivity contribution in [2.75, 3.05) is 16.8 Å². The molecule has 1 aromatic carbocycles. The third kappa shape index (κ3) is 2.30. The fourth-order valence-electron chi connectivity index (χ4n) is 1.20. The van der Waals surface area contributed by atoms with Gasteiger partial charge < -0.3 is 5.32 Å². The third-order valence-corrected chi connectivity index (χ3v) is 3.87. The van der Waals surface area contributed by atoms with Crippen molar-refractivity contribution in [3.05, 3.63) is 28.7 Å².